The van der Waals surface area contributed by atoms with Crippen LogP contribution in [0.4, 0.5) is 0 Å². The molecule has 0 aromatic carbocycles. The van der Waals surface area contributed by atoms with Gasteiger partial charge in [0.25, 0.3) is 0 Å². The largest absolute Gasteiger partial charge is 0.456 e. The van der Waals surface area contributed by atoms with E-state index in [0.29, 0.717) is 6.42 Å². The lowest BCUT2D eigenvalue weighted by Gasteiger charge is -2.31. The molecule has 13 heavy (non-hydrogen) atoms. The number of carbonyl (C=O) groups is 1. The first-order valence-electron chi connectivity index (χ1n) is 4.82. The highest BCUT2D eigenvalue weighted by Gasteiger charge is 2.29. The van der Waals surface area contributed by atoms with Crippen LogP contribution in [0.15, 0.2) is 0 Å². The lowest BCUT2D eigenvalue weighted by Crippen LogP contribution is -2.42. The second-order valence-corrected chi connectivity index (χ2v) is 14.2. The van der Waals surface area contributed by atoms with Gasteiger partial charge in [-0.2, -0.15) is 0 Å². The van der Waals surface area contributed by atoms with E-state index in [9.17, 15) is 4.79 Å². The fourth-order valence-corrected chi connectivity index (χ4v) is 9.35. The van der Waals surface area contributed by atoms with E-state index in [2.05, 4.69) is 32.7 Å². The summed E-state index contributed by atoms with van der Waals surface area (Å²) in [4.78, 5) is 10.8. The third-order valence-corrected chi connectivity index (χ3v) is 7.78. The van der Waals surface area contributed by atoms with Gasteiger partial charge in [-0.1, -0.05) is 0 Å². The number of Topliss-reactive ketones (excluding diaryl/α,β-unsaturated/α-hetero) is 1. The standard InChI is InChI=1S/C9H22O2Si2/c1-9(10)7-8-13(5,6)11-12(2,3)4/h7-8H2,1-6H3. The molecule has 0 aliphatic heterocycles. The Balaban J connectivity index is 4.01. The van der Waals surface area contributed by atoms with Crippen molar-refractivity contribution in [3.63, 3.8) is 0 Å². The highest BCUT2D eigenvalue weighted by molar-refractivity contribution is 6.84. The molecule has 0 radical (unpaired) electrons. The Morgan fingerprint density at radius 2 is 1.62 bits per heavy atom. The minimum Gasteiger partial charge on any atom is -0.456 e. The molecule has 0 amide bonds. The summed E-state index contributed by atoms with van der Waals surface area (Å²) in [6.07, 6.45) is 0.684. The van der Waals surface area contributed by atoms with Crippen molar-refractivity contribution in [2.75, 3.05) is 0 Å². The van der Waals surface area contributed by atoms with Crippen LogP contribution in [0.25, 0.3) is 0 Å². The van der Waals surface area contributed by atoms with E-state index in [1.54, 1.807) is 6.92 Å². The molecule has 0 unspecified atom stereocenters. The Kier molecular flexibility index (Phi) is 4.55. The van der Waals surface area contributed by atoms with Gasteiger partial charge in [-0.15, -0.1) is 0 Å². The van der Waals surface area contributed by atoms with Crippen LogP contribution < -0.4 is 0 Å². The maximum absolute atomic E-state index is 10.8. The summed E-state index contributed by atoms with van der Waals surface area (Å²) >= 11 is 0. The molecule has 78 valence electrons. The normalized spacial score (nSPS) is 13.1. The smallest absolute Gasteiger partial charge is 0.173 e. The molecular formula is C9H22O2Si2. The van der Waals surface area contributed by atoms with Crippen molar-refractivity contribution >= 4 is 22.4 Å². The van der Waals surface area contributed by atoms with E-state index in [1.165, 1.54) is 0 Å². The lowest BCUT2D eigenvalue weighted by molar-refractivity contribution is -0.116. The molecule has 0 fully saturated rings. The zero-order valence-corrected chi connectivity index (χ0v) is 11.7. The average molecular weight is 218 g/mol. The molecule has 0 rings (SSSR count). The SMILES string of the molecule is CC(=O)CC[Si](C)(C)O[Si](C)(C)C. The van der Waals surface area contributed by atoms with Gasteiger partial charge in [-0.05, 0) is 45.7 Å². The van der Waals surface area contributed by atoms with E-state index in [4.69, 9.17) is 4.12 Å². The molecule has 4 heteroatoms. The summed E-state index contributed by atoms with van der Waals surface area (Å²) in [5, 5.41) is 0. The molecule has 2 nitrogen and oxygen atoms in total. The van der Waals surface area contributed by atoms with Crippen molar-refractivity contribution in [2.24, 2.45) is 0 Å². The van der Waals surface area contributed by atoms with Crippen molar-refractivity contribution in [1.82, 2.24) is 0 Å². The Bertz CT molecular complexity index is 183. The summed E-state index contributed by atoms with van der Waals surface area (Å²) in [7, 11) is -2.97. The second kappa shape index (κ2) is 4.53. The van der Waals surface area contributed by atoms with E-state index < -0.39 is 16.6 Å². The summed E-state index contributed by atoms with van der Waals surface area (Å²) in [6.45, 7) is 12.7. The van der Waals surface area contributed by atoms with Gasteiger partial charge in [0.15, 0.2) is 16.6 Å². The van der Waals surface area contributed by atoms with Crippen LogP contribution >= 0.6 is 0 Å². The van der Waals surface area contributed by atoms with Crippen LogP contribution in [0, 0.1) is 0 Å². The first-order chi connectivity index (χ1) is 5.62. The Morgan fingerprint density at radius 3 is 1.92 bits per heavy atom. The molecule has 0 heterocycles. The highest BCUT2D eigenvalue weighted by atomic mass is 28.4. The molecule has 0 aromatic rings. The third-order valence-electron chi connectivity index (χ3n) is 1.66. The summed E-state index contributed by atoms with van der Waals surface area (Å²) in [6, 6.07) is 0.965. The molecule has 0 saturated carbocycles. The van der Waals surface area contributed by atoms with Crippen molar-refractivity contribution in [1.29, 1.82) is 0 Å². The molecule has 0 aromatic heterocycles. The van der Waals surface area contributed by atoms with Crippen LogP contribution in [-0.4, -0.2) is 22.4 Å². The van der Waals surface area contributed by atoms with Gasteiger partial charge >= 0.3 is 0 Å². The number of hydrogen-bond donors (Lipinski definition) is 0. The van der Waals surface area contributed by atoms with E-state index in [1.807, 2.05) is 0 Å². The molecule has 0 N–H and O–H groups in total. The van der Waals surface area contributed by atoms with E-state index in [-0.39, 0.29) is 5.78 Å². The van der Waals surface area contributed by atoms with Crippen LogP contribution in [-0.2, 0) is 8.91 Å². The predicted molar refractivity (Wildman–Crippen MR) is 62.0 cm³/mol. The Hall–Kier alpha value is 0.0638. The van der Waals surface area contributed by atoms with Gasteiger partial charge in [0.05, 0.1) is 0 Å². The summed E-state index contributed by atoms with van der Waals surface area (Å²) in [5.41, 5.74) is 0. The minimum absolute atomic E-state index is 0.278. The van der Waals surface area contributed by atoms with Crippen LogP contribution in [0.2, 0.25) is 38.8 Å². The number of hydrogen-bond acceptors (Lipinski definition) is 2. The maximum atomic E-state index is 10.8. The van der Waals surface area contributed by atoms with Crippen molar-refractivity contribution in [3.05, 3.63) is 0 Å². The van der Waals surface area contributed by atoms with E-state index in [0.717, 1.165) is 6.04 Å². The van der Waals surface area contributed by atoms with Crippen LogP contribution in [0.5, 0.6) is 0 Å². The first-order valence-corrected chi connectivity index (χ1v) is 11.3. The monoisotopic (exact) mass is 218 g/mol. The zero-order valence-electron chi connectivity index (χ0n) is 9.73. The third kappa shape index (κ3) is 8.40. The van der Waals surface area contributed by atoms with Crippen molar-refractivity contribution < 1.29 is 8.91 Å². The van der Waals surface area contributed by atoms with Crippen LogP contribution in [0.1, 0.15) is 13.3 Å². The fourth-order valence-electron chi connectivity index (χ4n) is 1.36. The first kappa shape index (κ1) is 13.1. The van der Waals surface area contributed by atoms with Gasteiger partial charge in [-0.25, -0.2) is 0 Å². The topological polar surface area (TPSA) is 26.3 Å². The lowest BCUT2D eigenvalue weighted by atomic mass is 10.4. The predicted octanol–water partition coefficient (Wildman–Crippen LogP) is 3.02. The minimum atomic E-state index is -1.56. The summed E-state index contributed by atoms with van der Waals surface area (Å²) < 4.78 is 6.10. The molecule has 0 bridgehead atoms. The molecule has 0 aliphatic rings. The average Bonchev–Trinajstić information content (AvgIpc) is 1.78. The van der Waals surface area contributed by atoms with Gasteiger partial charge in [0.2, 0.25) is 0 Å². The molecule has 0 spiro atoms. The molecule has 0 aliphatic carbocycles. The zero-order chi connectivity index (χ0) is 10.7. The number of rotatable bonds is 5. The molecular weight excluding hydrogens is 196 g/mol. The van der Waals surface area contributed by atoms with Gasteiger partial charge < -0.3 is 8.91 Å². The Morgan fingerprint density at radius 1 is 1.15 bits per heavy atom. The number of ketones is 1. The van der Waals surface area contributed by atoms with Crippen molar-refractivity contribution in [2.45, 2.75) is 52.1 Å². The van der Waals surface area contributed by atoms with Gasteiger partial charge in [0, 0.05) is 6.42 Å². The second-order valence-electron chi connectivity index (χ2n) is 5.18. The van der Waals surface area contributed by atoms with E-state index >= 15 is 0 Å². The molecule has 0 saturated heterocycles. The fraction of sp³-hybridized carbons (Fsp3) is 0.889. The molecule has 0 atom stereocenters. The quantitative estimate of drug-likeness (QED) is 0.663. The maximum Gasteiger partial charge on any atom is 0.173 e. The Labute approximate surface area is 83.9 Å². The van der Waals surface area contributed by atoms with Crippen LogP contribution in [0.3, 0.4) is 0 Å². The van der Waals surface area contributed by atoms with Gasteiger partial charge in [-0.3, -0.25) is 0 Å². The summed E-state index contributed by atoms with van der Waals surface area (Å²) in [5.74, 6) is 0.278. The highest BCUT2D eigenvalue weighted by Crippen LogP contribution is 2.19. The van der Waals surface area contributed by atoms with Crippen molar-refractivity contribution in [3.8, 4) is 0 Å². The number of carbonyl (C=O) groups excluding carboxylic acids is 1. The van der Waals surface area contributed by atoms with Gasteiger partial charge in [0.1, 0.15) is 5.78 Å².